The summed E-state index contributed by atoms with van der Waals surface area (Å²) in [5, 5.41) is 20.3. The SMILES string of the molecule is CCN(CCC(=O)O)C(=O)Nc1c(C#N)cccc1OC. The van der Waals surface area contributed by atoms with E-state index >= 15 is 0 Å². The molecule has 0 saturated heterocycles. The molecule has 7 nitrogen and oxygen atoms in total. The topological polar surface area (TPSA) is 103 Å². The molecule has 0 aliphatic carbocycles. The van der Waals surface area contributed by atoms with E-state index in [2.05, 4.69) is 5.32 Å². The fourth-order valence-corrected chi connectivity index (χ4v) is 1.74. The highest BCUT2D eigenvalue weighted by atomic mass is 16.5. The number of hydrogen-bond donors (Lipinski definition) is 2. The number of nitrogens with one attached hydrogen (secondary N) is 1. The Morgan fingerprint density at radius 1 is 1.48 bits per heavy atom. The van der Waals surface area contributed by atoms with Crippen LogP contribution in [0.25, 0.3) is 0 Å². The maximum Gasteiger partial charge on any atom is 0.321 e. The number of rotatable bonds is 6. The van der Waals surface area contributed by atoms with Crippen molar-refractivity contribution in [2.45, 2.75) is 13.3 Å². The van der Waals surface area contributed by atoms with Gasteiger partial charge in [0, 0.05) is 13.1 Å². The van der Waals surface area contributed by atoms with Crippen LogP contribution in [0.4, 0.5) is 10.5 Å². The number of carbonyl (C=O) groups excluding carboxylic acids is 1. The number of benzene rings is 1. The molecule has 0 heterocycles. The minimum Gasteiger partial charge on any atom is -0.495 e. The number of amides is 2. The first-order chi connectivity index (χ1) is 10.0. The van der Waals surface area contributed by atoms with Gasteiger partial charge in [0.15, 0.2) is 0 Å². The van der Waals surface area contributed by atoms with Gasteiger partial charge < -0.3 is 20.1 Å². The van der Waals surface area contributed by atoms with Crippen molar-refractivity contribution in [2.24, 2.45) is 0 Å². The van der Waals surface area contributed by atoms with Crippen LogP contribution in [0.2, 0.25) is 0 Å². The molecule has 0 spiro atoms. The molecule has 0 bridgehead atoms. The Kier molecular flexibility index (Phi) is 6.01. The van der Waals surface area contributed by atoms with Crippen molar-refractivity contribution in [1.82, 2.24) is 4.90 Å². The van der Waals surface area contributed by atoms with Crippen LogP contribution in [0.3, 0.4) is 0 Å². The monoisotopic (exact) mass is 291 g/mol. The zero-order chi connectivity index (χ0) is 15.8. The summed E-state index contributed by atoms with van der Waals surface area (Å²) in [6.45, 7) is 2.19. The second kappa shape index (κ2) is 7.75. The van der Waals surface area contributed by atoms with Crippen molar-refractivity contribution in [2.75, 3.05) is 25.5 Å². The van der Waals surface area contributed by atoms with E-state index in [-0.39, 0.29) is 24.2 Å². The first-order valence-corrected chi connectivity index (χ1v) is 6.38. The predicted molar refractivity (Wildman–Crippen MR) is 76.2 cm³/mol. The van der Waals surface area contributed by atoms with Crippen LogP contribution in [0.1, 0.15) is 18.9 Å². The average molecular weight is 291 g/mol. The Labute approximate surface area is 122 Å². The van der Waals surface area contributed by atoms with Crippen LogP contribution < -0.4 is 10.1 Å². The molecule has 0 atom stereocenters. The number of methoxy groups -OCH3 is 1. The average Bonchev–Trinajstić information content (AvgIpc) is 2.47. The van der Waals surface area contributed by atoms with Crippen molar-refractivity contribution >= 4 is 17.7 Å². The van der Waals surface area contributed by atoms with E-state index in [9.17, 15) is 9.59 Å². The van der Waals surface area contributed by atoms with Gasteiger partial charge in [-0.1, -0.05) is 6.07 Å². The minimum absolute atomic E-state index is 0.0920. The summed E-state index contributed by atoms with van der Waals surface area (Å²) in [6.07, 6.45) is -0.141. The van der Waals surface area contributed by atoms with Gasteiger partial charge in [0.05, 0.1) is 19.1 Å². The maximum atomic E-state index is 12.1. The maximum absolute atomic E-state index is 12.1. The number of carbonyl (C=O) groups is 2. The molecule has 0 unspecified atom stereocenters. The van der Waals surface area contributed by atoms with Crippen molar-refractivity contribution in [3.8, 4) is 11.8 Å². The number of carboxylic acids is 1. The fourth-order valence-electron chi connectivity index (χ4n) is 1.74. The largest absolute Gasteiger partial charge is 0.495 e. The summed E-state index contributed by atoms with van der Waals surface area (Å²) in [4.78, 5) is 24.1. The third kappa shape index (κ3) is 4.38. The first kappa shape index (κ1) is 16.3. The summed E-state index contributed by atoms with van der Waals surface area (Å²) in [5.41, 5.74) is 0.554. The molecule has 1 aromatic carbocycles. The van der Waals surface area contributed by atoms with E-state index in [1.165, 1.54) is 12.0 Å². The Morgan fingerprint density at radius 2 is 2.19 bits per heavy atom. The highest BCUT2D eigenvalue weighted by molar-refractivity contribution is 5.93. The molecule has 0 radical (unpaired) electrons. The lowest BCUT2D eigenvalue weighted by atomic mass is 10.2. The number of ether oxygens (including phenoxy) is 1. The standard InChI is InChI=1S/C14H17N3O4/c1-3-17(8-7-12(18)19)14(20)16-13-10(9-15)5-4-6-11(13)21-2/h4-6H,3,7-8H2,1-2H3,(H,16,20)(H,18,19). The Balaban J connectivity index is 2.91. The molecule has 0 aliphatic heterocycles. The molecule has 2 amide bonds. The van der Waals surface area contributed by atoms with E-state index in [1.54, 1.807) is 25.1 Å². The van der Waals surface area contributed by atoms with E-state index in [0.717, 1.165) is 0 Å². The number of nitrogens with zero attached hydrogens (tertiary/aromatic N) is 2. The van der Waals surface area contributed by atoms with E-state index in [1.807, 2.05) is 6.07 Å². The normalized spacial score (nSPS) is 9.57. The summed E-state index contributed by atoms with van der Waals surface area (Å²) >= 11 is 0. The van der Waals surface area contributed by atoms with Gasteiger partial charge in [-0.3, -0.25) is 4.79 Å². The molecule has 0 saturated carbocycles. The molecule has 0 fully saturated rings. The van der Waals surface area contributed by atoms with Gasteiger partial charge >= 0.3 is 12.0 Å². The number of urea groups is 1. The molecule has 112 valence electrons. The van der Waals surface area contributed by atoms with Crippen LogP contribution >= 0.6 is 0 Å². The highest BCUT2D eigenvalue weighted by Gasteiger charge is 2.17. The van der Waals surface area contributed by atoms with Gasteiger partial charge in [-0.2, -0.15) is 5.26 Å². The quantitative estimate of drug-likeness (QED) is 0.833. The zero-order valence-corrected chi connectivity index (χ0v) is 11.9. The molecular weight excluding hydrogens is 274 g/mol. The third-order valence-corrected chi connectivity index (χ3v) is 2.86. The summed E-state index contributed by atoms with van der Waals surface area (Å²) in [5.74, 6) is -0.604. The van der Waals surface area contributed by atoms with Crippen molar-refractivity contribution < 1.29 is 19.4 Å². The lowest BCUT2D eigenvalue weighted by Crippen LogP contribution is -2.36. The molecule has 21 heavy (non-hydrogen) atoms. The molecular formula is C14H17N3O4. The van der Waals surface area contributed by atoms with E-state index in [4.69, 9.17) is 15.1 Å². The van der Waals surface area contributed by atoms with Gasteiger partial charge in [-0.25, -0.2) is 4.79 Å². The molecule has 2 N–H and O–H groups in total. The Morgan fingerprint density at radius 3 is 2.71 bits per heavy atom. The molecule has 0 aliphatic rings. The Hall–Kier alpha value is -2.75. The number of anilines is 1. The number of nitriles is 1. The van der Waals surface area contributed by atoms with Crippen LogP contribution in [0.5, 0.6) is 5.75 Å². The van der Waals surface area contributed by atoms with Crippen molar-refractivity contribution in [3.63, 3.8) is 0 Å². The zero-order valence-electron chi connectivity index (χ0n) is 11.9. The van der Waals surface area contributed by atoms with Gasteiger partial charge in [-0.15, -0.1) is 0 Å². The summed E-state index contributed by atoms with van der Waals surface area (Å²) < 4.78 is 5.12. The minimum atomic E-state index is -0.976. The second-order valence-corrected chi connectivity index (χ2v) is 4.15. The van der Waals surface area contributed by atoms with Crippen LogP contribution in [0, 0.1) is 11.3 Å². The first-order valence-electron chi connectivity index (χ1n) is 6.38. The van der Waals surface area contributed by atoms with Gasteiger partial charge in [0.25, 0.3) is 0 Å². The van der Waals surface area contributed by atoms with Crippen molar-refractivity contribution in [1.29, 1.82) is 5.26 Å². The van der Waals surface area contributed by atoms with Crippen molar-refractivity contribution in [3.05, 3.63) is 23.8 Å². The predicted octanol–water partition coefficient (Wildman–Crippen LogP) is 1.90. The third-order valence-electron chi connectivity index (χ3n) is 2.86. The summed E-state index contributed by atoms with van der Waals surface area (Å²) in [7, 11) is 1.44. The molecule has 1 rings (SSSR count). The van der Waals surface area contributed by atoms with Crippen LogP contribution in [0.15, 0.2) is 18.2 Å². The van der Waals surface area contributed by atoms with Crippen LogP contribution in [-0.4, -0.2) is 42.2 Å². The van der Waals surface area contributed by atoms with E-state index in [0.29, 0.717) is 12.3 Å². The lowest BCUT2D eigenvalue weighted by Gasteiger charge is -2.21. The van der Waals surface area contributed by atoms with Gasteiger partial charge in [0.2, 0.25) is 0 Å². The Bertz CT molecular complexity index is 566. The van der Waals surface area contributed by atoms with Gasteiger partial charge in [-0.05, 0) is 19.1 Å². The van der Waals surface area contributed by atoms with Gasteiger partial charge in [0.1, 0.15) is 17.5 Å². The number of carboxylic acid groups (broad SMARTS) is 1. The number of para-hydroxylation sites is 1. The lowest BCUT2D eigenvalue weighted by molar-refractivity contribution is -0.137. The second-order valence-electron chi connectivity index (χ2n) is 4.15. The molecule has 0 aromatic heterocycles. The van der Waals surface area contributed by atoms with Crippen LogP contribution in [-0.2, 0) is 4.79 Å². The van der Waals surface area contributed by atoms with E-state index < -0.39 is 12.0 Å². The smallest absolute Gasteiger partial charge is 0.321 e. The highest BCUT2D eigenvalue weighted by Crippen LogP contribution is 2.28. The molecule has 7 heteroatoms. The molecule has 1 aromatic rings. The summed E-state index contributed by atoms with van der Waals surface area (Å²) in [6, 6.07) is 6.34. The number of hydrogen-bond acceptors (Lipinski definition) is 4. The number of aliphatic carboxylic acids is 1. The fraction of sp³-hybridized carbons (Fsp3) is 0.357.